The Kier molecular flexibility index (Phi) is 4.80. The summed E-state index contributed by atoms with van der Waals surface area (Å²) in [6.07, 6.45) is 4.64. The van der Waals surface area contributed by atoms with E-state index in [0.29, 0.717) is 17.7 Å². The van der Waals surface area contributed by atoms with E-state index in [1.165, 1.54) is 7.11 Å². The van der Waals surface area contributed by atoms with Crippen molar-refractivity contribution < 1.29 is 14.3 Å². The molecule has 0 radical (unpaired) electrons. The number of anilines is 1. The van der Waals surface area contributed by atoms with Gasteiger partial charge in [0.15, 0.2) is 0 Å². The van der Waals surface area contributed by atoms with Crippen LogP contribution < -0.4 is 5.32 Å². The lowest BCUT2D eigenvalue weighted by Gasteiger charge is -2.29. The maximum Gasteiger partial charge on any atom is 0.339 e. The summed E-state index contributed by atoms with van der Waals surface area (Å²) in [5.41, 5.74) is 1.45. The number of hydrogen-bond acceptors (Lipinski definition) is 4. The van der Waals surface area contributed by atoms with Crippen LogP contribution in [0.3, 0.4) is 0 Å². The van der Waals surface area contributed by atoms with Gasteiger partial charge in [0.25, 0.3) is 0 Å². The highest BCUT2D eigenvalue weighted by atomic mass is 16.5. The molecule has 1 fully saturated rings. The van der Waals surface area contributed by atoms with Crippen molar-refractivity contribution in [2.75, 3.05) is 19.5 Å². The van der Waals surface area contributed by atoms with Crippen LogP contribution in [0.25, 0.3) is 0 Å². The van der Waals surface area contributed by atoms with E-state index in [9.17, 15) is 4.79 Å². The van der Waals surface area contributed by atoms with E-state index in [1.807, 2.05) is 18.2 Å². The minimum absolute atomic E-state index is 0.298. The van der Waals surface area contributed by atoms with Gasteiger partial charge in [-0.25, -0.2) is 4.79 Å². The van der Waals surface area contributed by atoms with Crippen LogP contribution in [-0.4, -0.2) is 32.3 Å². The molecule has 1 N–H and O–H groups in total. The predicted molar refractivity (Wildman–Crippen MR) is 74.5 cm³/mol. The van der Waals surface area contributed by atoms with Gasteiger partial charge in [-0.3, -0.25) is 0 Å². The number of carbonyl (C=O) groups is 1. The number of esters is 1. The molecular weight excluding hydrogens is 242 g/mol. The first-order chi connectivity index (χ1) is 9.24. The predicted octanol–water partition coefficient (Wildman–Crippen LogP) is 2.84. The summed E-state index contributed by atoms with van der Waals surface area (Å²) < 4.78 is 10.2. The van der Waals surface area contributed by atoms with Crippen LogP contribution in [0.2, 0.25) is 0 Å². The Labute approximate surface area is 114 Å². The molecule has 19 heavy (non-hydrogen) atoms. The Morgan fingerprint density at radius 3 is 2.47 bits per heavy atom. The largest absolute Gasteiger partial charge is 0.465 e. The molecular formula is C15H21NO3. The number of carbonyl (C=O) groups excluding carboxylic acids is 1. The topological polar surface area (TPSA) is 47.6 Å². The SMILES string of the molecule is COC(=O)c1ccccc1NC1CCC(OC)CC1. The van der Waals surface area contributed by atoms with Crippen LogP contribution in [0.5, 0.6) is 0 Å². The summed E-state index contributed by atoms with van der Waals surface area (Å²) in [7, 11) is 3.17. The molecule has 4 nitrogen and oxygen atoms in total. The average Bonchev–Trinajstić information content (AvgIpc) is 2.48. The summed E-state index contributed by atoms with van der Waals surface area (Å²) in [5, 5.41) is 3.45. The van der Waals surface area contributed by atoms with Crippen LogP contribution in [0.1, 0.15) is 36.0 Å². The molecule has 1 aliphatic carbocycles. The molecule has 0 atom stereocenters. The van der Waals surface area contributed by atoms with E-state index in [2.05, 4.69) is 5.32 Å². The second kappa shape index (κ2) is 6.57. The summed E-state index contributed by atoms with van der Waals surface area (Å²) in [4.78, 5) is 11.7. The fraction of sp³-hybridized carbons (Fsp3) is 0.533. The summed E-state index contributed by atoms with van der Waals surface area (Å²) in [6.45, 7) is 0. The van der Waals surface area contributed by atoms with Gasteiger partial charge in [0.1, 0.15) is 0 Å². The molecule has 1 saturated carbocycles. The molecule has 0 bridgehead atoms. The van der Waals surface area contributed by atoms with Crippen molar-refractivity contribution in [1.29, 1.82) is 0 Å². The van der Waals surface area contributed by atoms with Crippen LogP contribution in [0, 0.1) is 0 Å². The quantitative estimate of drug-likeness (QED) is 0.849. The fourth-order valence-electron chi connectivity index (χ4n) is 2.56. The standard InChI is InChI=1S/C15H21NO3/c1-18-12-9-7-11(8-10-12)16-14-6-4-3-5-13(14)15(17)19-2/h3-6,11-12,16H,7-10H2,1-2H3. The van der Waals surface area contributed by atoms with Crippen molar-refractivity contribution in [3.63, 3.8) is 0 Å². The smallest absolute Gasteiger partial charge is 0.339 e. The molecule has 1 aromatic carbocycles. The second-order valence-electron chi connectivity index (χ2n) is 4.89. The zero-order valence-corrected chi connectivity index (χ0v) is 11.5. The molecule has 4 heteroatoms. The van der Waals surface area contributed by atoms with Gasteiger partial charge in [-0.1, -0.05) is 12.1 Å². The number of nitrogens with one attached hydrogen (secondary N) is 1. The van der Waals surface area contributed by atoms with Gasteiger partial charge in [-0.2, -0.15) is 0 Å². The van der Waals surface area contributed by atoms with Crippen molar-refractivity contribution in [3.05, 3.63) is 29.8 Å². The number of rotatable bonds is 4. The first kappa shape index (κ1) is 13.9. The Morgan fingerprint density at radius 2 is 1.84 bits per heavy atom. The lowest BCUT2D eigenvalue weighted by molar-refractivity contribution is 0.0600. The Hall–Kier alpha value is -1.55. The summed E-state index contributed by atoms with van der Waals surface area (Å²) >= 11 is 0. The number of para-hydroxylation sites is 1. The Morgan fingerprint density at radius 1 is 1.16 bits per heavy atom. The highest BCUT2D eigenvalue weighted by Crippen LogP contribution is 2.25. The maximum absolute atomic E-state index is 11.7. The minimum Gasteiger partial charge on any atom is -0.465 e. The van der Waals surface area contributed by atoms with Crippen LogP contribution in [0.15, 0.2) is 24.3 Å². The van der Waals surface area contributed by atoms with E-state index < -0.39 is 0 Å². The highest BCUT2D eigenvalue weighted by Gasteiger charge is 2.22. The van der Waals surface area contributed by atoms with Gasteiger partial charge >= 0.3 is 5.97 Å². The van der Waals surface area contributed by atoms with Gasteiger partial charge in [0, 0.05) is 18.8 Å². The van der Waals surface area contributed by atoms with Gasteiger partial charge in [-0.15, -0.1) is 0 Å². The molecule has 0 saturated heterocycles. The Bertz CT molecular complexity index is 425. The normalized spacial score (nSPS) is 22.8. The molecule has 0 spiro atoms. The molecule has 1 aliphatic rings. The monoisotopic (exact) mass is 263 g/mol. The first-order valence-corrected chi connectivity index (χ1v) is 6.71. The third kappa shape index (κ3) is 3.47. The van der Waals surface area contributed by atoms with Crippen molar-refractivity contribution in [1.82, 2.24) is 0 Å². The van der Waals surface area contributed by atoms with Crippen molar-refractivity contribution in [2.24, 2.45) is 0 Å². The molecule has 2 rings (SSSR count). The molecule has 1 aromatic rings. The molecule has 0 aliphatic heterocycles. The van der Waals surface area contributed by atoms with Crippen LogP contribution >= 0.6 is 0 Å². The van der Waals surface area contributed by atoms with Crippen molar-refractivity contribution in [3.8, 4) is 0 Å². The van der Waals surface area contributed by atoms with E-state index in [0.717, 1.165) is 31.4 Å². The van der Waals surface area contributed by atoms with Crippen molar-refractivity contribution >= 4 is 11.7 Å². The lowest BCUT2D eigenvalue weighted by Crippen LogP contribution is -2.29. The first-order valence-electron chi connectivity index (χ1n) is 6.71. The molecule has 104 valence electrons. The summed E-state index contributed by atoms with van der Waals surface area (Å²) in [5.74, 6) is -0.298. The molecule has 0 unspecified atom stereocenters. The zero-order chi connectivity index (χ0) is 13.7. The number of hydrogen-bond donors (Lipinski definition) is 1. The van der Waals surface area contributed by atoms with E-state index in [4.69, 9.17) is 9.47 Å². The third-order valence-electron chi connectivity index (χ3n) is 3.70. The minimum atomic E-state index is -0.298. The van der Waals surface area contributed by atoms with Crippen molar-refractivity contribution in [2.45, 2.75) is 37.8 Å². The van der Waals surface area contributed by atoms with E-state index in [-0.39, 0.29) is 5.97 Å². The lowest BCUT2D eigenvalue weighted by atomic mass is 9.92. The maximum atomic E-state index is 11.7. The molecule has 0 aromatic heterocycles. The van der Waals surface area contributed by atoms with Crippen LogP contribution in [0.4, 0.5) is 5.69 Å². The van der Waals surface area contributed by atoms with Crippen LogP contribution in [-0.2, 0) is 9.47 Å². The van der Waals surface area contributed by atoms with E-state index >= 15 is 0 Å². The van der Waals surface area contributed by atoms with Gasteiger partial charge in [-0.05, 0) is 37.8 Å². The second-order valence-corrected chi connectivity index (χ2v) is 4.89. The van der Waals surface area contributed by atoms with Gasteiger partial charge < -0.3 is 14.8 Å². The third-order valence-corrected chi connectivity index (χ3v) is 3.70. The zero-order valence-electron chi connectivity index (χ0n) is 11.5. The number of ether oxygens (including phenoxy) is 2. The molecule has 0 heterocycles. The number of methoxy groups -OCH3 is 2. The average molecular weight is 263 g/mol. The molecule has 0 amide bonds. The highest BCUT2D eigenvalue weighted by molar-refractivity contribution is 5.95. The van der Waals surface area contributed by atoms with Gasteiger partial charge in [0.05, 0.1) is 18.8 Å². The van der Waals surface area contributed by atoms with Gasteiger partial charge in [0.2, 0.25) is 0 Å². The summed E-state index contributed by atoms with van der Waals surface area (Å²) in [6, 6.07) is 7.88. The number of benzene rings is 1. The fourth-order valence-corrected chi connectivity index (χ4v) is 2.56. The Balaban J connectivity index is 2.01. The van der Waals surface area contributed by atoms with E-state index in [1.54, 1.807) is 13.2 Å².